The van der Waals surface area contributed by atoms with Crippen LogP contribution in [0.25, 0.3) is 11.3 Å². The van der Waals surface area contributed by atoms with Gasteiger partial charge in [0.1, 0.15) is 17.2 Å². The number of aliphatic imine (C=N–C) groups is 1. The van der Waals surface area contributed by atoms with E-state index in [1.165, 1.54) is 0 Å². The van der Waals surface area contributed by atoms with E-state index in [2.05, 4.69) is 31.0 Å². The highest BCUT2D eigenvalue weighted by atomic mass is 79.9. The van der Waals surface area contributed by atoms with Gasteiger partial charge in [-0.05, 0) is 72.3 Å². The van der Waals surface area contributed by atoms with Crippen molar-refractivity contribution in [2.45, 2.75) is 0 Å². The van der Waals surface area contributed by atoms with Crippen molar-refractivity contribution >= 4 is 34.3 Å². The molecule has 0 aliphatic heterocycles. The molecule has 0 unspecified atom stereocenters. The van der Waals surface area contributed by atoms with Crippen molar-refractivity contribution in [2.24, 2.45) is 10.1 Å². The standard InChI is InChI=1S/C25H21BrN4O3/c1-32-21-8-3-17(4-9-21)14-28-30-16-23(18-5-10-22(33-2)11-6-18)29-25(30)27-15-19-13-20(26)7-12-24(19)31/h3-16,31H,1-2H3/b27-15?,28-14+. The number of ether oxygens (including phenoxy) is 2. The van der Waals surface area contributed by atoms with Crippen LogP contribution < -0.4 is 9.47 Å². The molecule has 0 fully saturated rings. The number of phenolic OH excluding ortho intramolecular Hbond substituents is 1. The van der Waals surface area contributed by atoms with E-state index < -0.39 is 0 Å². The minimum absolute atomic E-state index is 0.122. The number of imidazole rings is 1. The summed E-state index contributed by atoms with van der Waals surface area (Å²) in [6.45, 7) is 0. The quantitative estimate of drug-likeness (QED) is 0.329. The van der Waals surface area contributed by atoms with Gasteiger partial charge in [-0.2, -0.15) is 5.10 Å². The summed E-state index contributed by atoms with van der Waals surface area (Å²) in [5, 5.41) is 14.7. The maximum atomic E-state index is 10.1. The number of rotatable bonds is 7. The average Bonchev–Trinajstić information content (AvgIpc) is 3.26. The van der Waals surface area contributed by atoms with Gasteiger partial charge in [-0.3, -0.25) is 0 Å². The van der Waals surface area contributed by atoms with E-state index in [0.717, 1.165) is 27.1 Å². The fourth-order valence-electron chi connectivity index (χ4n) is 3.01. The molecule has 3 aromatic carbocycles. The van der Waals surface area contributed by atoms with Crippen molar-refractivity contribution in [3.05, 3.63) is 88.5 Å². The SMILES string of the molecule is COc1ccc(/C=N/n2cc(-c3ccc(OC)cc3)nc2N=Cc2cc(Br)ccc2O)cc1. The summed E-state index contributed by atoms with van der Waals surface area (Å²) in [6.07, 6.45) is 5.07. The third-order valence-electron chi connectivity index (χ3n) is 4.81. The number of hydrogen-bond acceptors (Lipinski definition) is 6. The number of benzene rings is 3. The molecule has 7 nitrogen and oxygen atoms in total. The Bertz CT molecular complexity index is 1300. The lowest BCUT2D eigenvalue weighted by molar-refractivity contribution is 0.414. The Balaban J connectivity index is 1.70. The maximum absolute atomic E-state index is 10.1. The van der Waals surface area contributed by atoms with Gasteiger partial charge in [0.25, 0.3) is 5.95 Å². The summed E-state index contributed by atoms with van der Waals surface area (Å²) in [5.74, 6) is 2.02. The topological polar surface area (TPSA) is 81.2 Å². The largest absolute Gasteiger partial charge is 0.507 e. The first-order valence-corrected chi connectivity index (χ1v) is 10.8. The van der Waals surface area contributed by atoms with Crippen LogP contribution in [0.2, 0.25) is 0 Å². The molecule has 8 heteroatoms. The minimum Gasteiger partial charge on any atom is -0.507 e. The number of hydrogen-bond donors (Lipinski definition) is 1. The van der Waals surface area contributed by atoms with Crippen molar-refractivity contribution < 1.29 is 14.6 Å². The molecular formula is C25H21BrN4O3. The first-order chi connectivity index (χ1) is 16.1. The highest BCUT2D eigenvalue weighted by molar-refractivity contribution is 9.10. The molecule has 0 aliphatic rings. The molecule has 0 radical (unpaired) electrons. The Morgan fingerprint density at radius 2 is 1.58 bits per heavy atom. The van der Waals surface area contributed by atoms with Crippen molar-refractivity contribution in [1.29, 1.82) is 0 Å². The second kappa shape index (κ2) is 10.1. The average molecular weight is 505 g/mol. The van der Waals surface area contributed by atoms with Gasteiger partial charge in [0.2, 0.25) is 0 Å². The van der Waals surface area contributed by atoms with E-state index in [9.17, 15) is 5.11 Å². The second-order valence-electron chi connectivity index (χ2n) is 6.98. The van der Waals surface area contributed by atoms with Gasteiger partial charge in [0.15, 0.2) is 0 Å². The van der Waals surface area contributed by atoms with Crippen LogP contribution in [0.5, 0.6) is 17.2 Å². The summed E-state index contributed by atoms with van der Waals surface area (Å²) in [7, 11) is 3.25. The van der Waals surface area contributed by atoms with Crippen LogP contribution in [0.4, 0.5) is 5.95 Å². The number of aromatic hydroxyl groups is 1. The number of nitrogens with zero attached hydrogens (tertiary/aromatic N) is 4. The van der Waals surface area contributed by atoms with Crippen LogP contribution in [0.15, 0.2) is 87.5 Å². The predicted octanol–water partition coefficient (Wildman–Crippen LogP) is 5.67. The number of halogens is 1. The van der Waals surface area contributed by atoms with Gasteiger partial charge in [0, 0.05) is 21.8 Å². The summed E-state index contributed by atoms with van der Waals surface area (Å²) < 4.78 is 12.9. The zero-order chi connectivity index (χ0) is 23.2. The highest BCUT2D eigenvalue weighted by Crippen LogP contribution is 2.26. The third kappa shape index (κ3) is 5.48. The molecule has 1 heterocycles. The summed E-state index contributed by atoms with van der Waals surface area (Å²) in [4.78, 5) is 9.13. The molecule has 0 saturated carbocycles. The molecule has 0 amide bonds. The third-order valence-corrected chi connectivity index (χ3v) is 5.30. The number of methoxy groups -OCH3 is 2. The Labute approximate surface area is 199 Å². The second-order valence-corrected chi connectivity index (χ2v) is 7.89. The fraction of sp³-hybridized carbons (Fsp3) is 0.0800. The molecule has 33 heavy (non-hydrogen) atoms. The van der Waals surface area contributed by atoms with Gasteiger partial charge in [-0.15, -0.1) is 0 Å². The molecule has 0 atom stereocenters. The molecule has 4 aromatic rings. The molecule has 0 spiro atoms. The molecular weight excluding hydrogens is 484 g/mol. The van der Waals surface area contributed by atoms with Gasteiger partial charge >= 0.3 is 0 Å². The van der Waals surface area contributed by atoms with Crippen molar-refractivity contribution in [1.82, 2.24) is 9.66 Å². The zero-order valence-corrected chi connectivity index (χ0v) is 19.6. The molecule has 1 N–H and O–H groups in total. The normalized spacial score (nSPS) is 11.4. The van der Waals surface area contributed by atoms with Crippen molar-refractivity contribution in [2.75, 3.05) is 14.2 Å². The van der Waals surface area contributed by atoms with E-state index >= 15 is 0 Å². The van der Waals surface area contributed by atoms with Crippen molar-refractivity contribution in [3.63, 3.8) is 0 Å². The Hall–Kier alpha value is -3.91. The minimum atomic E-state index is 0.122. The van der Waals surface area contributed by atoms with E-state index in [4.69, 9.17) is 9.47 Å². The highest BCUT2D eigenvalue weighted by Gasteiger charge is 2.09. The number of phenols is 1. The molecule has 0 saturated heterocycles. The van der Waals surface area contributed by atoms with Crippen LogP contribution >= 0.6 is 15.9 Å². The van der Waals surface area contributed by atoms with E-state index in [-0.39, 0.29) is 5.75 Å². The molecule has 4 rings (SSSR count). The maximum Gasteiger partial charge on any atom is 0.251 e. The molecule has 0 aliphatic carbocycles. The predicted molar refractivity (Wildman–Crippen MR) is 133 cm³/mol. The molecule has 1 aromatic heterocycles. The van der Waals surface area contributed by atoms with Crippen LogP contribution in [-0.2, 0) is 0 Å². The fourth-order valence-corrected chi connectivity index (χ4v) is 3.39. The van der Waals surface area contributed by atoms with Gasteiger partial charge in [0.05, 0.1) is 32.3 Å². The lowest BCUT2D eigenvalue weighted by Gasteiger charge is -2.00. The number of aromatic nitrogens is 2. The first-order valence-electron chi connectivity index (χ1n) is 10.0. The van der Waals surface area contributed by atoms with Crippen molar-refractivity contribution in [3.8, 4) is 28.5 Å². The zero-order valence-electron chi connectivity index (χ0n) is 18.0. The molecule has 0 bridgehead atoms. The van der Waals surface area contributed by atoms with Crippen LogP contribution in [0, 0.1) is 0 Å². The first kappa shape index (κ1) is 22.3. The Kier molecular flexibility index (Phi) is 6.85. The van der Waals surface area contributed by atoms with E-state index in [1.807, 2.05) is 48.5 Å². The van der Waals surface area contributed by atoms with Crippen LogP contribution in [-0.4, -0.2) is 41.4 Å². The van der Waals surface area contributed by atoms with Crippen LogP contribution in [0.3, 0.4) is 0 Å². The van der Waals surface area contributed by atoms with Crippen LogP contribution in [0.1, 0.15) is 11.1 Å². The summed E-state index contributed by atoms with van der Waals surface area (Å²) >= 11 is 3.41. The van der Waals surface area contributed by atoms with Gasteiger partial charge in [-0.25, -0.2) is 14.7 Å². The summed E-state index contributed by atoms with van der Waals surface area (Å²) in [6, 6.07) is 20.3. The smallest absolute Gasteiger partial charge is 0.251 e. The molecule has 166 valence electrons. The monoisotopic (exact) mass is 504 g/mol. The van der Waals surface area contributed by atoms with E-state index in [1.54, 1.807) is 55.7 Å². The van der Waals surface area contributed by atoms with E-state index in [0.29, 0.717) is 17.2 Å². The summed E-state index contributed by atoms with van der Waals surface area (Å²) in [5.41, 5.74) is 3.06. The van der Waals surface area contributed by atoms with Gasteiger partial charge < -0.3 is 14.6 Å². The lowest BCUT2D eigenvalue weighted by Crippen LogP contribution is -1.90. The lowest BCUT2D eigenvalue weighted by atomic mass is 10.2. The van der Waals surface area contributed by atoms with Gasteiger partial charge in [-0.1, -0.05) is 15.9 Å². The Morgan fingerprint density at radius 1 is 0.909 bits per heavy atom. The Morgan fingerprint density at radius 3 is 2.24 bits per heavy atom.